The van der Waals surface area contributed by atoms with E-state index in [0.29, 0.717) is 6.54 Å². The number of ketones is 1. The van der Waals surface area contributed by atoms with Gasteiger partial charge < -0.3 is 4.57 Å². The smallest absolute Gasteiger partial charge is 0.192 e. The molecule has 1 aromatic heterocycles. The standard InChI is InChI=1S/C26H32N4OS/c1-3-21-12-14-23(15-13-21)25(31)20(2)32-26-28-27-24(19-29-16-8-5-9-17-29)30(26)18-22-10-6-4-7-11-22/h4,6-7,10-15,20H,3,5,8-9,16-19H2,1-2H3. The highest BCUT2D eigenvalue weighted by Gasteiger charge is 2.23. The molecule has 1 aliphatic heterocycles. The number of aryl methyl sites for hydroxylation is 1. The fraction of sp³-hybridized carbons (Fsp3) is 0.423. The Bertz CT molecular complexity index is 1010. The minimum atomic E-state index is -0.232. The maximum Gasteiger partial charge on any atom is 0.192 e. The number of carbonyl (C=O) groups is 1. The third kappa shape index (κ3) is 5.67. The predicted octanol–water partition coefficient (Wildman–Crippen LogP) is 5.24. The number of Topliss-reactive ketones (excluding diaryl/α,β-unsaturated/α-hetero) is 1. The van der Waals surface area contributed by atoms with Crippen molar-refractivity contribution in [3.63, 3.8) is 0 Å². The molecule has 1 aliphatic rings. The van der Waals surface area contributed by atoms with Crippen LogP contribution in [0, 0.1) is 0 Å². The molecule has 1 atom stereocenters. The third-order valence-corrected chi connectivity index (χ3v) is 7.17. The van der Waals surface area contributed by atoms with Gasteiger partial charge >= 0.3 is 0 Å². The van der Waals surface area contributed by atoms with Crippen LogP contribution in [0.1, 0.15) is 60.4 Å². The first-order valence-corrected chi connectivity index (χ1v) is 12.5. The molecule has 0 saturated carbocycles. The Morgan fingerprint density at radius 2 is 1.66 bits per heavy atom. The molecular formula is C26H32N4OS. The summed E-state index contributed by atoms with van der Waals surface area (Å²) in [6.45, 7) is 7.84. The van der Waals surface area contributed by atoms with Crippen molar-refractivity contribution < 1.29 is 4.79 Å². The number of carbonyl (C=O) groups excluding carboxylic acids is 1. The number of thioether (sulfide) groups is 1. The lowest BCUT2D eigenvalue weighted by Gasteiger charge is -2.26. The van der Waals surface area contributed by atoms with Gasteiger partial charge in [0, 0.05) is 5.56 Å². The van der Waals surface area contributed by atoms with Gasteiger partial charge in [-0.2, -0.15) is 0 Å². The summed E-state index contributed by atoms with van der Waals surface area (Å²) in [6.07, 6.45) is 4.78. The zero-order chi connectivity index (χ0) is 22.3. The second-order valence-corrected chi connectivity index (χ2v) is 9.79. The maximum atomic E-state index is 13.1. The topological polar surface area (TPSA) is 51.0 Å². The van der Waals surface area contributed by atoms with Crippen molar-refractivity contribution in [1.29, 1.82) is 0 Å². The monoisotopic (exact) mass is 448 g/mol. The number of benzene rings is 2. The number of piperidine rings is 1. The van der Waals surface area contributed by atoms with Crippen LogP contribution in [0.3, 0.4) is 0 Å². The number of hydrogen-bond acceptors (Lipinski definition) is 5. The number of hydrogen-bond donors (Lipinski definition) is 0. The van der Waals surface area contributed by atoms with E-state index in [2.05, 4.69) is 50.9 Å². The molecule has 168 valence electrons. The Morgan fingerprint density at radius 3 is 2.34 bits per heavy atom. The summed E-state index contributed by atoms with van der Waals surface area (Å²) in [5, 5.41) is 9.65. The van der Waals surface area contributed by atoms with Gasteiger partial charge in [-0.1, -0.05) is 79.7 Å². The molecule has 3 aromatic rings. The van der Waals surface area contributed by atoms with E-state index in [0.717, 1.165) is 42.6 Å². The normalized spacial score (nSPS) is 15.6. The maximum absolute atomic E-state index is 13.1. The number of likely N-dealkylation sites (tertiary alicyclic amines) is 1. The summed E-state index contributed by atoms with van der Waals surface area (Å²) in [7, 11) is 0. The summed E-state index contributed by atoms with van der Waals surface area (Å²) in [6, 6.07) is 18.4. The molecule has 1 unspecified atom stereocenters. The van der Waals surface area contributed by atoms with Crippen molar-refractivity contribution in [2.24, 2.45) is 0 Å². The van der Waals surface area contributed by atoms with E-state index in [4.69, 9.17) is 0 Å². The van der Waals surface area contributed by atoms with Crippen LogP contribution in [0.15, 0.2) is 59.8 Å². The van der Waals surface area contributed by atoms with Gasteiger partial charge in [0.05, 0.1) is 18.3 Å². The Kier molecular flexibility index (Phi) is 7.76. The molecule has 1 saturated heterocycles. The van der Waals surface area contributed by atoms with Crippen LogP contribution in [0.4, 0.5) is 0 Å². The summed E-state index contributed by atoms with van der Waals surface area (Å²) in [5.41, 5.74) is 3.21. The molecule has 0 N–H and O–H groups in total. The van der Waals surface area contributed by atoms with E-state index >= 15 is 0 Å². The number of aromatic nitrogens is 3. The Balaban J connectivity index is 1.53. The predicted molar refractivity (Wildman–Crippen MR) is 130 cm³/mol. The molecule has 2 heterocycles. The lowest BCUT2D eigenvalue weighted by Crippen LogP contribution is -2.30. The van der Waals surface area contributed by atoms with Gasteiger partial charge in [0.1, 0.15) is 5.82 Å². The van der Waals surface area contributed by atoms with Crippen LogP contribution in [-0.4, -0.2) is 43.8 Å². The summed E-state index contributed by atoms with van der Waals surface area (Å²) in [5.74, 6) is 1.11. The van der Waals surface area contributed by atoms with Crippen LogP contribution in [0.25, 0.3) is 0 Å². The number of rotatable bonds is 9. The third-order valence-electron chi connectivity index (χ3n) is 6.09. The zero-order valence-corrected chi connectivity index (χ0v) is 19.9. The first kappa shape index (κ1) is 22.7. The van der Waals surface area contributed by atoms with Crippen LogP contribution < -0.4 is 0 Å². The van der Waals surface area contributed by atoms with E-state index in [9.17, 15) is 4.79 Å². The zero-order valence-electron chi connectivity index (χ0n) is 19.0. The first-order chi connectivity index (χ1) is 15.6. The summed E-state index contributed by atoms with van der Waals surface area (Å²) < 4.78 is 2.19. The van der Waals surface area contributed by atoms with Gasteiger partial charge in [-0.05, 0) is 50.4 Å². The molecule has 0 aliphatic carbocycles. The van der Waals surface area contributed by atoms with Gasteiger partial charge in [0.25, 0.3) is 0 Å². The van der Waals surface area contributed by atoms with Crippen molar-refractivity contribution in [2.75, 3.05) is 13.1 Å². The Morgan fingerprint density at radius 1 is 0.938 bits per heavy atom. The second-order valence-electron chi connectivity index (χ2n) is 8.48. The average Bonchev–Trinajstić information content (AvgIpc) is 3.20. The number of nitrogens with zero attached hydrogens (tertiary/aromatic N) is 4. The molecule has 0 radical (unpaired) electrons. The average molecular weight is 449 g/mol. The van der Waals surface area contributed by atoms with E-state index in [-0.39, 0.29) is 11.0 Å². The minimum Gasteiger partial charge on any atom is -0.300 e. The van der Waals surface area contributed by atoms with E-state index in [1.54, 1.807) is 0 Å². The molecule has 5 nitrogen and oxygen atoms in total. The molecule has 0 bridgehead atoms. The van der Waals surface area contributed by atoms with Crippen molar-refractivity contribution in [3.8, 4) is 0 Å². The Hall–Kier alpha value is -2.44. The second kappa shape index (κ2) is 10.9. The fourth-order valence-electron chi connectivity index (χ4n) is 4.12. The van der Waals surface area contributed by atoms with Crippen molar-refractivity contribution in [3.05, 3.63) is 77.1 Å². The van der Waals surface area contributed by atoms with Gasteiger partial charge in [0.2, 0.25) is 0 Å². The van der Waals surface area contributed by atoms with Crippen molar-refractivity contribution in [1.82, 2.24) is 19.7 Å². The Labute approximate surface area is 195 Å². The summed E-state index contributed by atoms with van der Waals surface area (Å²) in [4.78, 5) is 15.5. The SMILES string of the molecule is CCc1ccc(C(=O)C(C)Sc2nnc(CN3CCCCC3)n2Cc2ccccc2)cc1. The van der Waals surface area contributed by atoms with Gasteiger partial charge in [-0.25, -0.2) is 0 Å². The minimum absolute atomic E-state index is 0.129. The molecule has 2 aromatic carbocycles. The van der Waals surface area contributed by atoms with E-state index < -0.39 is 0 Å². The molecule has 1 fully saturated rings. The van der Waals surface area contributed by atoms with Crippen LogP contribution >= 0.6 is 11.8 Å². The highest BCUT2D eigenvalue weighted by molar-refractivity contribution is 8.00. The molecular weight excluding hydrogens is 416 g/mol. The first-order valence-electron chi connectivity index (χ1n) is 11.6. The van der Waals surface area contributed by atoms with E-state index in [1.807, 2.05) is 37.3 Å². The van der Waals surface area contributed by atoms with Crippen molar-refractivity contribution >= 4 is 17.5 Å². The molecule has 4 rings (SSSR count). The highest BCUT2D eigenvalue weighted by atomic mass is 32.2. The highest BCUT2D eigenvalue weighted by Crippen LogP contribution is 2.27. The van der Waals surface area contributed by atoms with Gasteiger partial charge in [-0.15, -0.1) is 10.2 Å². The lowest BCUT2D eigenvalue weighted by atomic mass is 10.1. The fourth-order valence-corrected chi connectivity index (χ4v) is 5.06. The quantitative estimate of drug-likeness (QED) is 0.331. The van der Waals surface area contributed by atoms with Gasteiger partial charge in [-0.3, -0.25) is 9.69 Å². The van der Waals surface area contributed by atoms with Crippen LogP contribution in [0.2, 0.25) is 0 Å². The lowest BCUT2D eigenvalue weighted by molar-refractivity contribution is 0.0994. The van der Waals surface area contributed by atoms with E-state index in [1.165, 1.54) is 42.2 Å². The largest absolute Gasteiger partial charge is 0.300 e. The molecule has 0 amide bonds. The van der Waals surface area contributed by atoms with Crippen LogP contribution in [-0.2, 0) is 19.5 Å². The molecule has 32 heavy (non-hydrogen) atoms. The molecule has 6 heteroatoms. The van der Waals surface area contributed by atoms with Crippen LogP contribution in [0.5, 0.6) is 0 Å². The van der Waals surface area contributed by atoms with Gasteiger partial charge in [0.15, 0.2) is 10.9 Å². The van der Waals surface area contributed by atoms with Crippen molar-refractivity contribution in [2.45, 2.75) is 63.0 Å². The molecule has 0 spiro atoms. The summed E-state index contributed by atoms with van der Waals surface area (Å²) >= 11 is 1.51.